The Morgan fingerprint density at radius 1 is 0.926 bits per heavy atom. The maximum atomic E-state index is 12.4. The average molecular weight is 356 g/mol. The van der Waals surface area contributed by atoms with Crippen LogP contribution >= 0.6 is 0 Å². The molecule has 0 aliphatic carbocycles. The van der Waals surface area contributed by atoms with Gasteiger partial charge in [-0.3, -0.25) is 4.79 Å². The van der Waals surface area contributed by atoms with Crippen LogP contribution in [0.4, 0.5) is 11.4 Å². The molecule has 0 saturated carbocycles. The van der Waals surface area contributed by atoms with Gasteiger partial charge in [-0.2, -0.15) is 0 Å². The highest BCUT2D eigenvalue weighted by Gasteiger charge is 2.12. The van der Waals surface area contributed by atoms with Crippen LogP contribution in [0.25, 0.3) is 22.4 Å². The molecule has 0 unspecified atom stereocenters. The van der Waals surface area contributed by atoms with Gasteiger partial charge in [-0.15, -0.1) is 0 Å². The number of anilines is 2. The third-order valence-corrected chi connectivity index (χ3v) is 4.61. The summed E-state index contributed by atoms with van der Waals surface area (Å²) >= 11 is 0. The number of amides is 1. The first kappa shape index (κ1) is 16.8. The fourth-order valence-corrected chi connectivity index (χ4v) is 3.11. The van der Waals surface area contributed by atoms with E-state index in [2.05, 4.69) is 15.2 Å². The van der Waals surface area contributed by atoms with Crippen LogP contribution in [0.1, 0.15) is 10.4 Å². The lowest BCUT2D eigenvalue weighted by Gasteiger charge is -2.06. The predicted molar refractivity (Wildman–Crippen MR) is 110 cm³/mol. The summed E-state index contributed by atoms with van der Waals surface area (Å²) in [6, 6.07) is 23.1. The molecule has 0 aliphatic heterocycles. The Labute approximate surface area is 157 Å². The second kappa shape index (κ2) is 6.96. The van der Waals surface area contributed by atoms with E-state index in [9.17, 15) is 4.79 Å². The van der Waals surface area contributed by atoms with Crippen LogP contribution < -0.4 is 10.6 Å². The molecule has 0 radical (unpaired) electrons. The fraction of sp³-hybridized carbons (Fsp3) is 0.0909. The van der Waals surface area contributed by atoms with Gasteiger partial charge in [-0.05, 0) is 54.6 Å². The lowest BCUT2D eigenvalue weighted by Crippen LogP contribution is -2.11. The standard InChI is InChI=1S/C22H20N4O/c1-23-17-10-8-15(9-11-17)21-25-19-14-18(12-13-20(19)26(21)2)24-22(27)16-6-4-3-5-7-16/h3-14,23H,1-2H3,(H,24,27). The molecule has 134 valence electrons. The van der Waals surface area contributed by atoms with Crippen molar-refractivity contribution in [2.24, 2.45) is 7.05 Å². The summed E-state index contributed by atoms with van der Waals surface area (Å²) in [6.07, 6.45) is 0. The van der Waals surface area contributed by atoms with Crippen LogP contribution in [0.3, 0.4) is 0 Å². The van der Waals surface area contributed by atoms with Gasteiger partial charge >= 0.3 is 0 Å². The maximum Gasteiger partial charge on any atom is 0.255 e. The number of hydrogen-bond donors (Lipinski definition) is 2. The summed E-state index contributed by atoms with van der Waals surface area (Å²) in [4.78, 5) is 17.1. The second-order valence-electron chi connectivity index (χ2n) is 6.35. The Hall–Kier alpha value is -3.60. The third kappa shape index (κ3) is 3.27. The van der Waals surface area contributed by atoms with Gasteiger partial charge in [0.2, 0.25) is 0 Å². The van der Waals surface area contributed by atoms with Crippen LogP contribution in [0.5, 0.6) is 0 Å². The normalized spacial score (nSPS) is 10.7. The van der Waals surface area contributed by atoms with Crippen molar-refractivity contribution >= 4 is 28.3 Å². The van der Waals surface area contributed by atoms with E-state index < -0.39 is 0 Å². The van der Waals surface area contributed by atoms with Gasteiger partial charge in [0.05, 0.1) is 11.0 Å². The van der Waals surface area contributed by atoms with E-state index in [1.165, 1.54) is 0 Å². The molecule has 0 atom stereocenters. The van der Waals surface area contributed by atoms with Crippen LogP contribution in [-0.4, -0.2) is 22.5 Å². The lowest BCUT2D eigenvalue weighted by atomic mass is 10.2. The summed E-state index contributed by atoms with van der Waals surface area (Å²) in [5.41, 5.74) is 5.32. The highest BCUT2D eigenvalue weighted by Crippen LogP contribution is 2.26. The van der Waals surface area contributed by atoms with Crippen LogP contribution in [0.2, 0.25) is 0 Å². The van der Waals surface area contributed by atoms with Crippen LogP contribution in [-0.2, 0) is 7.05 Å². The number of aromatic nitrogens is 2. The largest absolute Gasteiger partial charge is 0.388 e. The van der Waals surface area contributed by atoms with E-state index in [0.717, 1.165) is 33.8 Å². The smallest absolute Gasteiger partial charge is 0.255 e. The van der Waals surface area contributed by atoms with Crippen molar-refractivity contribution in [1.82, 2.24) is 9.55 Å². The van der Waals surface area contributed by atoms with Crippen LogP contribution in [0.15, 0.2) is 72.8 Å². The van der Waals surface area contributed by atoms with E-state index >= 15 is 0 Å². The van der Waals surface area contributed by atoms with Crippen molar-refractivity contribution in [3.63, 3.8) is 0 Å². The highest BCUT2D eigenvalue weighted by molar-refractivity contribution is 6.05. The van der Waals surface area contributed by atoms with Gasteiger partial charge in [-0.25, -0.2) is 4.98 Å². The Balaban J connectivity index is 1.65. The third-order valence-electron chi connectivity index (χ3n) is 4.61. The Morgan fingerprint density at radius 2 is 1.63 bits per heavy atom. The molecular weight excluding hydrogens is 336 g/mol. The van der Waals surface area contributed by atoms with Crippen molar-refractivity contribution < 1.29 is 4.79 Å². The molecule has 1 heterocycles. The minimum atomic E-state index is -0.131. The zero-order chi connectivity index (χ0) is 18.8. The van der Waals surface area contributed by atoms with Gasteiger partial charge in [0, 0.05) is 36.6 Å². The molecule has 27 heavy (non-hydrogen) atoms. The number of carbonyl (C=O) groups is 1. The van der Waals surface area contributed by atoms with Gasteiger partial charge < -0.3 is 15.2 Å². The Bertz CT molecular complexity index is 1100. The number of hydrogen-bond acceptors (Lipinski definition) is 3. The minimum absolute atomic E-state index is 0.131. The molecule has 0 saturated heterocycles. The van der Waals surface area contributed by atoms with E-state index in [0.29, 0.717) is 5.56 Å². The number of nitrogens with zero attached hydrogens (tertiary/aromatic N) is 2. The van der Waals surface area contributed by atoms with Crippen molar-refractivity contribution in [3.8, 4) is 11.4 Å². The predicted octanol–water partition coefficient (Wildman–Crippen LogP) is 4.53. The average Bonchev–Trinajstić information content (AvgIpc) is 3.04. The molecule has 4 aromatic rings. The molecule has 0 aliphatic rings. The summed E-state index contributed by atoms with van der Waals surface area (Å²) in [5, 5.41) is 6.06. The number of imidazole rings is 1. The fourth-order valence-electron chi connectivity index (χ4n) is 3.11. The molecule has 5 heteroatoms. The first-order valence-electron chi connectivity index (χ1n) is 8.77. The first-order valence-corrected chi connectivity index (χ1v) is 8.77. The van der Waals surface area contributed by atoms with Crippen molar-refractivity contribution in [1.29, 1.82) is 0 Å². The zero-order valence-electron chi connectivity index (χ0n) is 15.2. The van der Waals surface area contributed by atoms with E-state index in [4.69, 9.17) is 4.98 Å². The van der Waals surface area contributed by atoms with E-state index in [-0.39, 0.29) is 5.91 Å². The van der Waals surface area contributed by atoms with Gasteiger partial charge in [-0.1, -0.05) is 18.2 Å². The summed E-state index contributed by atoms with van der Waals surface area (Å²) in [5.74, 6) is 0.757. The molecule has 0 fully saturated rings. The number of fused-ring (bicyclic) bond motifs is 1. The molecule has 1 amide bonds. The SMILES string of the molecule is CNc1ccc(-c2nc3cc(NC(=O)c4ccccc4)ccc3n2C)cc1. The highest BCUT2D eigenvalue weighted by atomic mass is 16.1. The molecular formula is C22H20N4O. The number of benzene rings is 3. The topological polar surface area (TPSA) is 59.0 Å². The summed E-state index contributed by atoms with van der Waals surface area (Å²) in [7, 11) is 3.90. The van der Waals surface area contributed by atoms with Crippen molar-refractivity contribution in [3.05, 3.63) is 78.4 Å². The van der Waals surface area contributed by atoms with Gasteiger partial charge in [0.1, 0.15) is 5.82 Å². The maximum absolute atomic E-state index is 12.4. The number of rotatable bonds is 4. The quantitative estimate of drug-likeness (QED) is 0.565. The molecule has 2 N–H and O–H groups in total. The number of carbonyl (C=O) groups excluding carboxylic acids is 1. The summed E-state index contributed by atoms with van der Waals surface area (Å²) < 4.78 is 2.06. The number of aryl methyl sites for hydroxylation is 1. The molecule has 0 spiro atoms. The lowest BCUT2D eigenvalue weighted by molar-refractivity contribution is 0.102. The molecule has 0 bridgehead atoms. The Kier molecular flexibility index (Phi) is 4.34. The second-order valence-corrected chi connectivity index (χ2v) is 6.35. The minimum Gasteiger partial charge on any atom is -0.388 e. The van der Waals surface area contributed by atoms with E-state index in [1.54, 1.807) is 12.1 Å². The van der Waals surface area contributed by atoms with E-state index in [1.807, 2.05) is 74.8 Å². The van der Waals surface area contributed by atoms with Crippen LogP contribution in [0, 0.1) is 0 Å². The molecule has 5 nitrogen and oxygen atoms in total. The van der Waals surface area contributed by atoms with Gasteiger partial charge in [0.15, 0.2) is 0 Å². The summed E-state index contributed by atoms with van der Waals surface area (Å²) in [6.45, 7) is 0. The first-order chi connectivity index (χ1) is 13.2. The zero-order valence-corrected chi connectivity index (χ0v) is 15.2. The van der Waals surface area contributed by atoms with Crippen molar-refractivity contribution in [2.75, 3.05) is 17.7 Å². The van der Waals surface area contributed by atoms with Crippen molar-refractivity contribution in [2.45, 2.75) is 0 Å². The van der Waals surface area contributed by atoms with Gasteiger partial charge in [0.25, 0.3) is 5.91 Å². The molecule has 4 rings (SSSR count). The molecule has 1 aromatic heterocycles. The number of nitrogens with one attached hydrogen (secondary N) is 2. The Morgan fingerprint density at radius 3 is 2.33 bits per heavy atom. The molecule has 3 aromatic carbocycles. The monoisotopic (exact) mass is 356 g/mol.